The lowest BCUT2D eigenvalue weighted by molar-refractivity contribution is 0.132. The van der Waals surface area contributed by atoms with E-state index < -0.39 is 0 Å². The highest BCUT2D eigenvalue weighted by molar-refractivity contribution is 7.07. The number of hydrogen-bond donors (Lipinski definition) is 0. The number of unbranched alkanes of at least 4 members (excludes halogenated alkanes) is 1. The van der Waals surface area contributed by atoms with Crippen LogP contribution in [0.3, 0.4) is 0 Å². The average Bonchev–Trinajstić information content (AvgIpc) is 2.92. The van der Waals surface area contributed by atoms with Crippen molar-refractivity contribution in [2.45, 2.75) is 57.7 Å². The lowest BCUT2D eigenvalue weighted by atomic mass is 9.96. The van der Waals surface area contributed by atoms with Crippen molar-refractivity contribution in [2.75, 3.05) is 0 Å². The van der Waals surface area contributed by atoms with Gasteiger partial charge in [-0.15, -0.1) is 17.9 Å². The maximum atomic E-state index is 4.45. The Morgan fingerprint density at radius 2 is 2.47 bits per heavy atom. The summed E-state index contributed by atoms with van der Waals surface area (Å²) in [4.78, 5) is 7.06. The van der Waals surface area contributed by atoms with E-state index in [0.29, 0.717) is 12.1 Å². The van der Waals surface area contributed by atoms with Gasteiger partial charge in [0.2, 0.25) is 0 Å². The van der Waals surface area contributed by atoms with Gasteiger partial charge in [-0.05, 0) is 19.3 Å². The third-order valence-electron chi connectivity index (χ3n) is 3.78. The largest absolute Gasteiger partial charge is 0.288 e. The van der Waals surface area contributed by atoms with E-state index in [4.69, 9.17) is 0 Å². The second kappa shape index (κ2) is 7.61. The summed E-state index contributed by atoms with van der Waals surface area (Å²) in [6.07, 6.45) is 12.8. The molecule has 0 fully saturated rings. The van der Waals surface area contributed by atoms with Crippen LogP contribution in [0.15, 0.2) is 35.7 Å². The van der Waals surface area contributed by atoms with Crippen LogP contribution in [0.1, 0.15) is 44.7 Å². The molecule has 1 aromatic heterocycles. The summed E-state index contributed by atoms with van der Waals surface area (Å²) in [5, 5.41) is 2.17. The second-order valence-corrected chi connectivity index (χ2v) is 5.92. The van der Waals surface area contributed by atoms with Crippen LogP contribution in [0, 0.1) is 0 Å². The van der Waals surface area contributed by atoms with Crippen LogP contribution in [0.4, 0.5) is 0 Å². The summed E-state index contributed by atoms with van der Waals surface area (Å²) in [5.41, 5.74) is 3.13. The van der Waals surface area contributed by atoms with Gasteiger partial charge < -0.3 is 0 Å². The van der Waals surface area contributed by atoms with E-state index in [-0.39, 0.29) is 0 Å². The van der Waals surface area contributed by atoms with Crippen molar-refractivity contribution in [3.8, 4) is 0 Å². The summed E-state index contributed by atoms with van der Waals surface area (Å²) in [5.74, 6) is 0. The molecule has 3 heteroatoms. The molecule has 2 rings (SSSR count). The van der Waals surface area contributed by atoms with E-state index in [2.05, 4.69) is 47.0 Å². The predicted molar refractivity (Wildman–Crippen MR) is 83.3 cm³/mol. The number of hydrogen-bond acceptors (Lipinski definition) is 3. The third kappa shape index (κ3) is 4.02. The van der Waals surface area contributed by atoms with Crippen LogP contribution >= 0.6 is 11.3 Å². The van der Waals surface area contributed by atoms with Gasteiger partial charge in [0.15, 0.2) is 0 Å². The van der Waals surface area contributed by atoms with Crippen molar-refractivity contribution in [3.63, 3.8) is 0 Å². The molecular weight excluding hydrogens is 252 g/mol. The molecule has 1 aliphatic rings. The summed E-state index contributed by atoms with van der Waals surface area (Å²) < 4.78 is 0. The molecule has 0 saturated carbocycles. The number of aromatic nitrogens is 1. The average molecular weight is 276 g/mol. The molecule has 0 bridgehead atoms. The molecule has 0 aromatic carbocycles. The van der Waals surface area contributed by atoms with E-state index in [9.17, 15) is 0 Å². The van der Waals surface area contributed by atoms with Crippen molar-refractivity contribution in [3.05, 3.63) is 41.4 Å². The first-order valence-electron chi connectivity index (χ1n) is 7.25. The highest BCUT2D eigenvalue weighted by Crippen LogP contribution is 2.25. The molecule has 19 heavy (non-hydrogen) atoms. The van der Waals surface area contributed by atoms with Gasteiger partial charge in [-0.3, -0.25) is 4.90 Å². The minimum atomic E-state index is 0.570. The Kier molecular flexibility index (Phi) is 5.80. The SMILES string of the molecule is C=CC[C@H]1CC=C[C@H](CCCC)N1Cc1cscn1. The summed E-state index contributed by atoms with van der Waals surface area (Å²) in [6.45, 7) is 7.14. The van der Waals surface area contributed by atoms with Gasteiger partial charge in [0.05, 0.1) is 11.2 Å². The summed E-state index contributed by atoms with van der Waals surface area (Å²) in [6, 6.07) is 1.16. The van der Waals surface area contributed by atoms with E-state index in [1.807, 2.05) is 5.51 Å². The molecule has 1 aliphatic heterocycles. The predicted octanol–water partition coefficient (Wildman–Crippen LogP) is 4.41. The Bertz CT molecular complexity index is 397. The zero-order valence-corrected chi connectivity index (χ0v) is 12.6. The van der Waals surface area contributed by atoms with Crippen molar-refractivity contribution >= 4 is 11.3 Å². The number of nitrogens with zero attached hydrogens (tertiary/aromatic N) is 2. The zero-order valence-electron chi connectivity index (χ0n) is 11.8. The van der Waals surface area contributed by atoms with Crippen molar-refractivity contribution < 1.29 is 0 Å². The molecular formula is C16H24N2S. The van der Waals surface area contributed by atoms with Crippen LogP contribution < -0.4 is 0 Å². The Morgan fingerprint density at radius 3 is 3.16 bits per heavy atom. The minimum absolute atomic E-state index is 0.570. The highest BCUT2D eigenvalue weighted by Gasteiger charge is 2.26. The molecule has 0 spiro atoms. The lowest BCUT2D eigenvalue weighted by Gasteiger charge is -2.38. The molecule has 0 aliphatic carbocycles. The van der Waals surface area contributed by atoms with Crippen LogP contribution in [0.2, 0.25) is 0 Å². The van der Waals surface area contributed by atoms with Crippen LogP contribution in [-0.2, 0) is 6.54 Å². The summed E-state index contributed by atoms with van der Waals surface area (Å²) in [7, 11) is 0. The molecule has 0 saturated heterocycles. The first-order valence-corrected chi connectivity index (χ1v) is 8.19. The van der Waals surface area contributed by atoms with Gasteiger partial charge in [-0.25, -0.2) is 4.98 Å². The molecule has 1 aromatic rings. The Morgan fingerprint density at radius 1 is 1.58 bits per heavy atom. The molecule has 0 N–H and O–H groups in total. The maximum Gasteiger partial charge on any atom is 0.0795 e. The Balaban J connectivity index is 2.08. The quantitative estimate of drug-likeness (QED) is 0.686. The third-order valence-corrected chi connectivity index (χ3v) is 4.42. The summed E-state index contributed by atoms with van der Waals surface area (Å²) >= 11 is 1.69. The molecule has 0 amide bonds. The second-order valence-electron chi connectivity index (χ2n) is 5.20. The van der Waals surface area contributed by atoms with E-state index in [1.54, 1.807) is 11.3 Å². The van der Waals surface area contributed by atoms with Gasteiger partial charge >= 0.3 is 0 Å². The van der Waals surface area contributed by atoms with Gasteiger partial charge in [0.1, 0.15) is 0 Å². The van der Waals surface area contributed by atoms with Crippen molar-refractivity contribution in [2.24, 2.45) is 0 Å². The van der Waals surface area contributed by atoms with E-state index in [0.717, 1.165) is 19.4 Å². The highest BCUT2D eigenvalue weighted by atomic mass is 32.1. The van der Waals surface area contributed by atoms with Crippen LogP contribution in [0.25, 0.3) is 0 Å². The van der Waals surface area contributed by atoms with Crippen LogP contribution in [-0.4, -0.2) is 22.0 Å². The number of rotatable bonds is 7. The lowest BCUT2D eigenvalue weighted by Crippen LogP contribution is -2.43. The minimum Gasteiger partial charge on any atom is -0.288 e. The monoisotopic (exact) mass is 276 g/mol. The topological polar surface area (TPSA) is 16.1 Å². The molecule has 2 nitrogen and oxygen atoms in total. The smallest absolute Gasteiger partial charge is 0.0795 e. The van der Waals surface area contributed by atoms with Gasteiger partial charge in [0.25, 0.3) is 0 Å². The molecule has 0 unspecified atom stereocenters. The fourth-order valence-electron chi connectivity index (χ4n) is 2.76. The molecule has 2 heterocycles. The molecule has 104 valence electrons. The van der Waals surface area contributed by atoms with Gasteiger partial charge in [-0.2, -0.15) is 0 Å². The van der Waals surface area contributed by atoms with Gasteiger partial charge in [0, 0.05) is 24.0 Å². The fraction of sp³-hybridized carbons (Fsp3) is 0.562. The standard InChI is InChI=1S/C16H24N2S/c1-3-5-8-16-10-6-9-15(7-4-2)18(16)11-14-12-19-13-17-14/h4,6,10,12-13,15-16H,2-3,5,7-9,11H2,1H3/t15-,16-/m0/s1. The zero-order chi connectivity index (χ0) is 13.5. The molecule has 2 atom stereocenters. The van der Waals surface area contributed by atoms with Crippen LogP contribution in [0.5, 0.6) is 0 Å². The fourth-order valence-corrected chi connectivity index (χ4v) is 3.31. The Labute approximate surface area is 120 Å². The van der Waals surface area contributed by atoms with E-state index >= 15 is 0 Å². The first kappa shape index (κ1) is 14.5. The van der Waals surface area contributed by atoms with E-state index in [1.165, 1.54) is 25.0 Å². The van der Waals surface area contributed by atoms with Crippen molar-refractivity contribution in [1.29, 1.82) is 0 Å². The maximum absolute atomic E-state index is 4.45. The first-order chi connectivity index (χ1) is 9.35. The van der Waals surface area contributed by atoms with Gasteiger partial charge in [-0.1, -0.05) is 38.0 Å². The Hall–Kier alpha value is -0.930. The van der Waals surface area contributed by atoms with Crippen molar-refractivity contribution in [1.82, 2.24) is 9.88 Å². The normalized spacial score (nSPS) is 23.6. The number of thiazole rings is 1. The molecule has 0 radical (unpaired) electrons.